The predicted molar refractivity (Wildman–Crippen MR) is 375 cm³/mol. The first-order valence-corrected chi connectivity index (χ1v) is 35.5. The summed E-state index contributed by atoms with van der Waals surface area (Å²) in [5.74, 6) is -9.85. The van der Waals surface area contributed by atoms with Gasteiger partial charge in [-0.2, -0.15) is 0 Å². The lowest BCUT2D eigenvalue weighted by Crippen LogP contribution is -2.64. The number of hydrogen-bond acceptors (Lipinski definition) is 15. The Morgan fingerprint density at radius 3 is 1.47 bits per heavy atom. The van der Waals surface area contributed by atoms with E-state index < -0.39 is 155 Å². The molecule has 0 aromatic rings. The summed E-state index contributed by atoms with van der Waals surface area (Å²) in [6, 6.07) is -14.1. The van der Waals surface area contributed by atoms with Gasteiger partial charge in [0.25, 0.3) is 0 Å². The molecule has 97 heavy (non-hydrogen) atoms. The Labute approximate surface area is 581 Å². The predicted octanol–water partition coefficient (Wildman–Crippen LogP) is 3.77. The van der Waals surface area contributed by atoms with E-state index in [0.29, 0.717) is 39.0 Å². The number of morpholine rings is 1. The average molecular weight is 1370 g/mol. The maximum atomic E-state index is 15.4. The zero-order valence-electron chi connectivity index (χ0n) is 63.6. The summed E-state index contributed by atoms with van der Waals surface area (Å²) < 4.78 is 11.8. The average Bonchev–Trinajstić information content (AvgIpc) is 0.809. The molecular formula is C71H128N12O14. The van der Waals surface area contributed by atoms with Crippen LogP contribution in [0.25, 0.3) is 0 Å². The quantitative estimate of drug-likeness (QED) is 0.0762. The third kappa shape index (κ3) is 25.5. The number of allylic oxidation sites excluding steroid dienone is 2. The van der Waals surface area contributed by atoms with Gasteiger partial charge in [-0.1, -0.05) is 109 Å². The Morgan fingerprint density at radius 1 is 0.505 bits per heavy atom. The van der Waals surface area contributed by atoms with E-state index in [1.807, 2.05) is 61.5 Å². The van der Waals surface area contributed by atoms with E-state index in [1.54, 1.807) is 54.5 Å². The van der Waals surface area contributed by atoms with Gasteiger partial charge in [-0.25, -0.2) is 0 Å². The molecule has 0 aromatic heterocycles. The van der Waals surface area contributed by atoms with Crippen molar-refractivity contribution in [1.29, 1.82) is 0 Å². The van der Waals surface area contributed by atoms with Gasteiger partial charge >= 0.3 is 0 Å². The highest BCUT2D eigenvalue weighted by Gasteiger charge is 2.46. The molecule has 0 unspecified atom stereocenters. The van der Waals surface area contributed by atoms with Gasteiger partial charge in [-0.3, -0.25) is 57.6 Å². The summed E-state index contributed by atoms with van der Waals surface area (Å²) in [4.78, 5) is 175. The van der Waals surface area contributed by atoms with E-state index in [9.17, 15) is 24.3 Å². The molecule has 556 valence electrons. The number of ether oxygens (including phenoxy) is 2. The molecule has 0 bridgehead atoms. The number of hydrogen-bond donors (Lipinski definition) is 5. The van der Waals surface area contributed by atoms with Crippen molar-refractivity contribution in [2.24, 2.45) is 41.4 Å². The van der Waals surface area contributed by atoms with Crippen LogP contribution in [0.15, 0.2) is 12.2 Å². The molecule has 2 saturated heterocycles. The topological polar surface area (TPSA) is 300 Å². The first-order valence-electron chi connectivity index (χ1n) is 35.5. The number of rotatable bonds is 22. The molecule has 0 radical (unpaired) electrons. The molecule has 2 aliphatic rings. The van der Waals surface area contributed by atoms with Gasteiger partial charge in [0.2, 0.25) is 65.0 Å². The molecule has 2 rings (SSSR count). The van der Waals surface area contributed by atoms with Crippen molar-refractivity contribution in [2.45, 2.75) is 242 Å². The second kappa shape index (κ2) is 41.4. The summed E-state index contributed by atoms with van der Waals surface area (Å²) >= 11 is 0. The fourth-order valence-corrected chi connectivity index (χ4v) is 12.5. The Balaban J connectivity index is 3.09. The van der Waals surface area contributed by atoms with Gasteiger partial charge in [0.15, 0.2) is 0 Å². The van der Waals surface area contributed by atoms with Crippen LogP contribution in [0.3, 0.4) is 0 Å². The minimum absolute atomic E-state index is 0.0253. The molecule has 2 fully saturated rings. The molecule has 0 spiro atoms. The monoisotopic (exact) mass is 1370 g/mol. The van der Waals surface area contributed by atoms with Gasteiger partial charge < -0.3 is 70.1 Å². The SMILES string of the molecule is C/C=C/C[C@@H](C)[C@@H](O)[C@H]1C(=O)N[C@@H](CC)C(=O)N(C)[C@H](COCCCN2CCOCC2)C(=O)N(C)[C@@H](CC(C)C)C(=O)N[C@H](C(C)C)C(=O)N(C)[C@H](CCC(C)C)C(=O)N[C@H](C)C(=O)N[C@@H](C)C(=O)N(C)[C@@H](CC(C)C)C(=O)N(C)[C@@H](CC(C)C)C(=O)N(C)[C@@H](C(C)C)C(=O)N1C. The molecule has 26 nitrogen and oxygen atoms in total. The number of likely N-dealkylation sites (N-methyl/N-ethyl adjacent to an activating group) is 7. The van der Waals surface area contributed by atoms with Crippen LogP contribution in [0.2, 0.25) is 0 Å². The molecule has 0 aromatic carbocycles. The highest BCUT2D eigenvalue weighted by Crippen LogP contribution is 2.26. The lowest BCUT2D eigenvalue weighted by Gasteiger charge is -2.41. The zero-order chi connectivity index (χ0) is 74.2. The minimum atomic E-state index is -1.66. The van der Waals surface area contributed by atoms with E-state index in [2.05, 4.69) is 26.2 Å². The summed E-state index contributed by atoms with van der Waals surface area (Å²) in [5, 5.41) is 23.5. The molecule has 0 aliphatic carbocycles. The summed E-state index contributed by atoms with van der Waals surface area (Å²) in [5.41, 5.74) is 0. The minimum Gasteiger partial charge on any atom is -0.390 e. The largest absolute Gasteiger partial charge is 0.390 e. The summed E-state index contributed by atoms with van der Waals surface area (Å²) in [6.45, 7) is 33.4. The second-order valence-electron chi connectivity index (χ2n) is 29.5. The van der Waals surface area contributed by atoms with E-state index in [1.165, 1.54) is 92.6 Å². The van der Waals surface area contributed by atoms with Gasteiger partial charge in [-0.15, -0.1) is 0 Å². The molecular weight excluding hydrogens is 1240 g/mol. The van der Waals surface area contributed by atoms with Gasteiger partial charge in [0.1, 0.15) is 66.5 Å². The fraction of sp³-hybridized carbons (Fsp3) is 0.817. The third-order valence-electron chi connectivity index (χ3n) is 18.8. The Bertz CT molecular complexity index is 2610. The number of nitrogens with zero attached hydrogens (tertiary/aromatic N) is 8. The van der Waals surface area contributed by atoms with E-state index in [-0.39, 0.29) is 69.0 Å². The second-order valence-corrected chi connectivity index (χ2v) is 29.5. The van der Waals surface area contributed by atoms with Crippen molar-refractivity contribution < 1.29 is 67.3 Å². The number of aliphatic hydroxyl groups is 1. The van der Waals surface area contributed by atoms with Crippen LogP contribution in [-0.4, -0.2) is 277 Å². The summed E-state index contributed by atoms with van der Waals surface area (Å²) in [6.07, 6.45) is 3.95. The number of amides is 11. The van der Waals surface area contributed by atoms with Crippen LogP contribution in [-0.2, 0) is 62.2 Å². The van der Waals surface area contributed by atoms with Crippen molar-refractivity contribution >= 4 is 65.0 Å². The first-order chi connectivity index (χ1) is 45.2. The highest BCUT2D eigenvalue weighted by atomic mass is 16.5. The summed E-state index contributed by atoms with van der Waals surface area (Å²) in [7, 11) is 10.0. The maximum Gasteiger partial charge on any atom is 0.248 e. The highest BCUT2D eigenvalue weighted by molar-refractivity contribution is 6.00. The van der Waals surface area contributed by atoms with Gasteiger partial charge in [-0.05, 0) is 114 Å². The van der Waals surface area contributed by atoms with Crippen LogP contribution in [0, 0.1) is 41.4 Å². The van der Waals surface area contributed by atoms with E-state index in [4.69, 9.17) is 9.47 Å². The molecule has 13 atom stereocenters. The number of carbonyl (C=O) groups excluding carboxylic acids is 11. The number of carbonyl (C=O) groups is 11. The normalized spacial score (nSPS) is 27.0. The van der Waals surface area contributed by atoms with E-state index in [0.717, 1.165) is 18.0 Å². The smallest absolute Gasteiger partial charge is 0.248 e. The molecule has 5 N–H and O–H groups in total. The Hall–Kier alpha value is -6.25. The molecule has 11 amide bonds. The van der Waals surface area contributed by atoms with Gasteiger partial charge in [0, 0.05) is 75.6 Å². The van der Waals surface area contributed by atoms with Crippen molar-refractivity contribution in [2.75, 3.05) is 95.4 Å². The van der Waals surface area contributed by atoms with Gasteiger partial charge in [0.05, 0.1) is 25.9 Å². The van der Waals surface area contributed by atoms with Crippen molar-refractivity contribution in [3.05, 3.63) is 12.2 Å². The molecule has 26 heteroatoms. The number of nitrogens with one attached hydrogen (secondary N) is 4. The zero-order valence-corrected chi connectivity index (χ0v) is 63.6. The third-order valence-corrected chi connectivity index (χ3v) is 18.8. The molecule has 2 heterocycles. The Kier molecular flexibility index (Phi) is 37.0. The van der Waals surface area contributed by atoms with Crippen molar-refractivity contribution in [1.82, 2.24) is 60.5 Å². The van der Waals surface area contributed by atoms with Crippen LogP contribution in [0.5, 0.6) is 0 Å². The maximum absolute atomic E-state index is 15.4. The van der Waals surface area contributed by atoms with Crippen molar-refractivity contribution in [3.8, 4) is 0 Å². The fourth-order valence-electron chi connectivity index (χ4n) is 12.5. The van der Waals surface area contributed by atoms with Crippen LogP contribution in [0.1, 0.15) is 169 Å². The molecule has 2 aliphatic heterocycles. The Morgan fingerprint density at radius 2 is 0.969 bits per heavy atom. The lowest BCUT2D eigenvalue weighted by atomic mass is 9.91. The van der Waals surface area contributed by atoms with Crippen LogP contribution >= 0.6 is 0 Å². The van der Waals surface area contributed by atoms with Crippen LogP contribution < -0.4 is 21.3 Å². The van der Waals surface area contributed by atoms with Crippen LogP contribution in [0.4, 0.5) is 0 Å². The van der Waals surface area contributed by atoms with Crippen molar-refractivity contribution in [3.63, 3.8) is 0 Å². The number of aliphatic hydroxyl groups excluding tert-OH is 1. The lowest BCUT2D eigenvalue weighted by molar-refractivity contribution is -0.157. The van der Waals surface area contributed by atoms with E-state index >= 15 is 33.6 Å². The standard InChI is InChI=1S/C71H128N12O14/c1-25-27-29-48(15)60(84)59-64(88)74-51(26-2)66(90)80(22)56(41-97-35-28-32-83-33-36-96-37-34-83)69(93)77(19)53(38-43(5)6)63(87)75-57(46(11)12)70(94)76(18)52(31-30-42(3)4)62(86)72-49(16)61(85)73-50(17)65(89)78(20)54(39-44(7)8)67(91)79(21)55(40-45(9)10)68(92)81(23)58(47(13)14)71(95)82(59)24/h25,27,42-60,84H,26,28-41H2,1-24H3,(H,72,86)(H,73,85)(H,74,88)(H,75,87)/b27-25+/t48-,49-,50+,51+,52-,53+,54+,55+,56-,57-,58+,59+,60-/m1/s1. The first kappa shape index (κ1) is 86.8. The molecule has 0 saturated carbocycles.